The molecule has 1 aromatic carbocycles. The van der Waals surface area contributed by atoms with Crippen LogP contribution in [0.3, 0.4) is 0 Å². The van der Waals surface area contributed by atoms with Gasteiger partial charge >= 0.3 is 5.97 Å². The van der Waals surface area contributed by atoms with E-state index in [2.05, 4.69) is 5.32 Å². The highest BCUT2D eigenvalue weighted by molar-refractivity contribution is 5.95. The molecular formula is C14H19NO4. The van der Waals surface area contributed by atoms with Crippen molar-refractivity contribution in [2.75, 3.05) is 12.4 Å². The molecule has 0 aliphatic heterocycles. The van der Waals surface area contributed by atoms with Crippen molar-refractivity contribution in [2.24, 2.45) is 5.92 Å². The molecule has 1 rings (SSSR count). The van der Waals surface area contributed by atoms with Gasteiger partial charge in [-0.1, -0.05) is 13.8 Å². The van der Waals surface area contributed by atoms with Gasteiger partial charge in [-0.25, -0.2) is 0 Å². The molecule has 1 aromatic rings. The third-order valence-corrected chi connectivity index (χ3v) is 2.51. The highest BCUT2D eigenvalue weighted by Crippen LogP contribution is 2.16. The van der Waals surface area contributed by atoms with Crippen LogP contribution < -0.4 is 10.1 Å². The lowest BCUT2D eigenvalue weighted by atomic mass is 10.1. The zero-order valence-corrected chi connectivity index (χ0v) is 11.6. The molecule has 0 aliphatic carbocycles. The van der Waals surface area contributed by atoms with E-state index in [9.17, 15) is 9.59 Å². The summed E-state index contributed by atoms with van der Waals surface area (Å²) >= 11 is 0. The van der Waals surface area contributed by atoms with Crippen LogP contribution in [-0.4, -0.2) is 25.1 Å². The molecule has 0 aromatic heterocycles. The molecule has 0 fully saturated rings. The Labute approximate surface area is 112 Å². The molecule has 0 aliphatic rings. The highest BCUT2D eigenvalue weighted by Gasteiger charge is 2.25. The average Bonchev–Trinajstić information content (AvgIpc) is 2.36. The third-order valence-electron chi connectivity index (χ3n) is 2.51. The molecule has 0 saturated carbocycles. The number of rotatable bonds is 5. The Hall–Kier alpha value is -2.04. The van der Waals surface area contributed by atoms with Gasteiger partial charge in [0.25, 0.3) is 5.91 Å². The molecular weight excluding hydrogens is 246 g/mol. The summed E-state index contributed by atoms with van der Waals surface area (Å²) in [6.45, 7) is 4.93. The van der Waals surface area contributed by atoms with Crippen LogP contribution in [0.2, 0.25) is 0 Å². The summed E-state index contributed by atoms with van der Waals surface area (Å²) < 4.78 is 10.0. The number of ether oxygens (including phenoxy) is 2. The number of esters is 1. The standard InChI is InChI=1S/C14H19NO4/c1-9(2)13(19-10(3)16)14(17)15-11-5-7-12(18-4)8-6-11/h5-9,13H,1-4H3,(H,15,17)/t13-/m0/s1. The first-order chi connectivity index (χ1) is 8.93. The zero-order chi connectivity index (χ0) is 14.4. The van der Waals surface area contributed by atoms with Gasteiger partial charge in [0, 0.05) is 12.6 Å². The molecule has 0 bridgehead atoms. The van der Waals surface area contributed by atoms with Crippen LogP contribution in [-0.2, 0) is 14.3 Å². The van der Waals surface area contributed by atoms with Gasteiger partial charge in [0.15, 0.2) is 6.10 Å². The van der Waals surface area contributed by atoms with E-state index in [0.29, 0.717) is 11.4 Å². The van der Waals surface area contributed by atoms with E-state index in [0.717, 1.165) is 0 Å². The molecule has 5 heteroatoms. The first-order valence-electron chi connectivity index (χ1n) is 6.06. The Morgan fingerprint density at radius 2 is 1.74 bits per heavy atom. The zero-order valence-electron chi connectivity index (χ0n) is 11.6. The van der Waals surface area contributed by atoms with Crippen LogP contribution in [0.1, 0.15) is 20.8 Å². The maximum absolute atomic E-state index is 12.0. The minimum absolute atomic E-state index is 0.0952. The molecule has 0 spiro atoms. The van der Waals surface area contributed by atoms with Crippen LogP contribution in [0.15, 0.2) is 24.3 Å². The first kappa shape index (κ1) is 15.0. The first-order valence-corrected chi connectivity index (χ1v) is 6.06. The number of methoxy groups -OCH3 is 1. The van der Waals surface area contributed by atoms with Crippen molar-refractivity contribution < 1.29 is 19.1 Å². The summed E-state index contributed by atoms with van der Waals surface area (Å²) in [6, 6.07) is 6.93. The van der Waals surface area contributed by atoms with Gasteiger partial charge in [0.05, 0.1) is 7.11 Å². The lowest BCUT2D eigenvalue weighted by Crippen LogP contribution is -2.36. The number of carbonyl (C=O) groups excluding carboxylic acids is 2. The molecule has 0 saturated heterocycles. The maximum Gasteiger partial charge on any atom is 0.303 e. The van der Waals surface area contributed by atoms with Crippen molar-refractivity contribution in [3.05, 3.63) is 24.3 Å². The summed E-state index contributed by atoms with van der Waals surface area (Å²) in [4.78, 5) is 23.0. The van der Waals surface area contributed by atoms with Crippen LogP contribution in [0.4, 0.5) is 5.69 Å². The summed E-state index contributed by atoms with van der Waals surface area (Å²) in [7, 11) is 1.57. The fourth-order valence-corrected chi connectivity index (χ4v) is 1.56. The van der Waals surface area contributed by atoms with E-state index >= 15 is 0 Å². The minimum Gasteiger partial charge on any atom is -0.497 e. The topological polar surface area (TPSA) is 64.6 Å². The number of nitrogens with one attached hydrogen (secondary N) is 1. The quantitative estimate of drug-likeness (QED) is 0.829. The summed E-state index contributed by atoms with van der Waals surface area (Å²) in [5.74, 6) is -0.195. The Kier molecular flexibility index (Phi) is 5.36. The molecule has 0 radical (unpaired) electrons. The van der Waals surface area contributed by atoms with Crippen LogP contribution >= 0.6 is 0 Å². The molecule has 1 amide bonds. The molecule has 1 atom stereocenters. The van der Waals surface area contributed by atoms with E-state index in [1.165, 1.54) is 6.92 Å². The smallest absolute Gasteiger partial charge is 0.303 e. The second-order valence-electron chi connectivity index (χ2n) is 4.49. The third kappa shape index (κ3) is 4.62. The fourth-order valence-electron chi connectivity index (χ4n) is 1.56. The molecule has 5 nitrogen and oxygen atoms in total. The van der Waals surface area contributed by atoms with Crippen LogP contribution in [0.25, 0.3) is 0 Å². The van der Waals surface area contributed by atoms with Crippen LogP contribution in [0.5, 0.6) is 5.75 Å². The van der Waals surface area contributed by atoms with Gasteiger partial charge in [0.2, 0.25) is 0 Å². The molecule has 0 heterocycles. The SMILES string of the molecule is COc1ccc(NC(=O)[C@@H](OC(C)=O)C(C)C)cc1. The lowest BCUT2D eigenvalue weighted by Gasteiger charge is -2.19. The van der Waals surface area contributed by atoms with E-state index in [1.54, 1.807) is 31.4 Å². The molecule has 1 N–H and O–H groups in total. The Morgan fingerprint density at radius 3 is 2.16 bits per heavy atom. The number of hydrogen-bond donors (Lipinski definition) is 1. The second-order valence-corrected chi connectivity index (χ2v) is 4.49. The minimum atomic E-state index is -0.792. The summed E-state index contributed by atoms with van der Waals surface area (Å²) in [5, 5.41) is 2.71. The summed E-state index contributed by atoms with van der Waals surface area (Å²) in [5.41, 5.74) is 0.628. The van der Waals surface area contributed by atoms with Crippen molar-refractivity contribution in [3.8, 4) is 5.75 Å². The second kappa shape index (κ2) is 6.78. The number of benzene rings is 1. The molecule has 19 heavy (non-hydrogen) atoms. The number of amides is 1. The van der Waals surface area contributed by atoms with E-state index in [4.69, 9.17) is 9.47 Å². The largest absolute Gasteiger partial charge is 0.497 e. The van der Waals surface area contributed by atoms with Crippen molar-refractivity contribution in [1.29, 1.82) is 0 Å². The predicted molar refractivity (Wildman–Crippen MR) is 72.0 cm³/mol. The average molecular weight is 265 g/mol. The fraction of sp³-hybridized carbons (Fsp3) is 0.429. The number of anilines is 1. The van der Waals surface area contributed by atoms with Crippen molar-refractivity contribution in [1.82, 2.24) is 0 Å². The number of hydrogen-bond acceptors (Lipinski definition) is 4. The van der Waals surface area contributed by atoms with Crippen LogP contribution in [0, 0.1) is 5.92 Å². The normalized spacial score (nSPS) is 11.8. The highest BCUT2D eigenvalue weighted by atomic mass is 16.5. The van der Waals surface area contributed by atoms with Crippen molar-refractivity contribution >= 4 is 17.6 Å². The van der Waals surface area contributed by atoms with E-state index < -0.39 is 12.1 Å². The molecule has 104 valence electrons. The summed E-state index contributed by atoms with van der Waals surface area (Å²) in [6.07, 6.45) is -0.792. The molecule has 0 unspecified atom stereocenters. The monoisotopic (exact) mass is 265 g/mol. The van der Waals surface area contributed by atoms with Gasteiger partial charge in [-0.3, -0.25) is 9.59 Å². The van der Waals surface area contributed by atoms with Crippen molar-refractivity contribution in [3.63, 3.8) is 0 Å². The lowest BCUT2D eigenvalue weighted by molar-refractivity contribution is -0.154. The Balaban J connectivity index is 2.72. The van der Waals surface area contributed by atoms with Gasteiger partial charge in [0.1, 0.15) is 5.75 Å². The van der Waals surface area contributed by atoms with Gasteiger partial charge < -0.3 is 14.8 Å². The van der Waals surface area contributed by atoms with Gasteiger partial charge in [-0.05, 0) is 30.2 Å². The van der Waals surface area contributed by atoms with Crippen molar-refractivity contribution in [2.45, 2.75) is 26.9 Å². The van der Waals surface area contributed by atoms with E-state index in [1.807, 2.05) is 13.8 Å². The Bertz CT molecular complexity index is 439. The Morgan fingerprint density at radius 1 is 1.16 bits per heavy atom. The van der Waals surface area contributed by atoms with Gasteiger partial charge in [-0.15, -0.1) is 0 Å². The predicted octanol–water partition coefficient (Wildman–Crippen LogP) is 2.22. The van der Waals surface area contributed by atoms with Gasteiger partial charge in [-0.2, -0.15) is 0 Å². The maximum atomic E-state index is 12.0. The van der Waals surface area contributed by atoms with E-state index in [-0.39, 0.29) is 11.8 Å². The number of carbonyl (C=O) groups is 2.